The lowest BCUT2D eigenvalue weighted by molar-refractivity contribution is 0.828. The molecular formula is C6H13S-. The Balaban J connectivity index is 2.99. The molecule has 44 valence electrons. The highest BCUT2D eigenvalue weighted by atomic mass is 32.1. The smallest absolute Gasteiger partial charge is 0.0923 e. The molecule has 0 aromatic heterocycles. The van der Waals surface area contributed by atoms with E-state index < -0.39 is 0 Å². The van der Waals surface area contributed by atoms with Gasteiger partial charge >= 0.3 is 0 Å². The van der Waals surface area contributed by atoms with Crippen LogP contribution in [0.25, 0.3) is 0 Å². The molecule has 1 heteroatoms. The van der Waals surface area contributed by atoms with Crippen molar-refractivity contribution in [2.24, 2.45) is 0 Å². The highest BCUT2D eigenvalue weighted by Gasteiger charge is 1.79. The molecule has 0 aromatic rings. The van der Waals surface area contributed by atoms with Crippen LogP contribution in [0.4, 0.5) is 0 Å². The van der Waals surface area contributed by atoms with Crippen LogP contribution >= 0.6 is 12.6 Å². The number of hydrogen-bond donors (Lipinski definition) is 1. The predicted octanol–water partition coefficient (Wildman–Crippen LogP) is 2.31. The minimum absolute atomic E-state index is 0.965. The molecule has 0 amide bonds. The van der Waals surface area contributed by atoms with Crippen molar-refractivity contribution in [2.45, 2.75) is 26.7 Å². The van der Waals surface area contributed by atoms with E-state index in [1.807, 2.05) is 0 Å². The summed E-state index contributed by atoms with van der Waals surface area (Å²) in [5.41, 5.74) is 0. The lowest BCUT2D eigenvalue weighted by Crippen LogP contribution is -1.93. The SMILES string of the molecule is CC[C-](CC)CS. The highest BCUT2D eigenvalue weighted by Crippen LogP contribution is 2.10. The van der Waals surface area contributed by atoms with E-state index in [1.54, 1.807) is 5.92 Å². The third kappa shape index (κ3) is 2.98. The Morgan fingerprint density at radius 3 is 1.71 bits per heavy atom. The fraction of sp³-hybridized carbons (Fsp3) is 0.833. The maximum Gasteiger partial charge on any atom is -0.0923 e. The van der Waals surface area contributed by atoms with E-state index in [0.717, 1.165) is 5.75 Å². The molecule has 0 saturated heterocycles. The first-order chi connectivity index (χ1) is 3.35. The second kappa shape index (κ2) is 4.51. The zero-order chi connectivity index (χ0) is 5.70. The van der Waals surface area contributed by atoms with Gasteiger partial charge in [0, 0.05) is 0 Å². The second-order valence-electron chi connectivity index (χ2n) is 1.62. The van der Waals surface area contributed by atoms with E-state index in [0.29, 0.717) is 0 Å². The molecule has 0 rings (SSSR count). The van der Waals surface area contributed by atoms with Crippen molar-refractivity contribution < 1.29 is 0 Å². The summed E-state index contributed by atoms with van der Waals surface area (Å²) in [5.74, 6) is 2.51. The van der Waals surface area contributed by atoms with E-state index in [-0.39, 0.29) is 0 Å². The molecule has 0 spiro atoms. The van der Waals surface area contributed by atoms with Crippen molar-refractivity contribution in [3.05, 3.63) is 5.92 Å². The Hall–Kier alpha value is 0.350. The zero-order valence-corrected chi connectivity index (χ0v) is 5.96. The lowest BCUT2D eigenvalue weighted by atomic mass is 10.1. The maximum atomic E-state index is 4.14. The van der Waals surface area contributed by atoms with Gasteiger partial charge in [-0.1, -0.05) is 13.8 Å². The van der Waals surface area contributed by atoms with Crippen molar-refractivity contribution >= 4 is 12.6 Å². The zero-order valence-electron chi connectivity index (χ0n) is 5.07. The topological polar surface area (TPSA) is 0 Å². The first kappa shape index (κ1) is 7.35. The van der Waals surface area contributed by atoms with E-state index in [9.17, 15) is 0 Å². The minimum Gasteiger partial charge on any atom is -0.305 e. The van der Waals surface area contributed by atoms with Crippen LogP contribution in [-0.2, 0) is 0 Å². The molecule has 0 unspecified atom stereocenters. The summed E-state index contributed by atoms with van der Waals surface area (Å²) in [6, 6.07) is 0. The van der Waals surface area contributed by atoms with Crippen LogP contribution in [0, 0.1) is 5.92 Å². The van der Waals surface area contributed by atoms with Crippen LogP contribution in [0.2, 0.25) is 0 Å². The standard InChI is InChI=1S/C6H13S/c1-3-6(4-2)5-7/h7H,3-5H2,1-2H3/q-1. The number of rotatable bonds is 3. The van der Waals surface area contributed by atoms with Crippen LogP contribution in [0.15, 0.2) is 0 Å². The van der Waals surface area contributed by atoms with Crippen LogP contribution < -0.4 is 0 Å². The molecule has 0 aromatic carbocycles. The molecule has 0 bridgehead atoms. The van der Waals surface area contributed by atoms with Crippen molar-refractivity contribution in [3.8, 4) is 0 Å². The average molecular weight is 117 g/mol. The summed E-state index contributed by atoms with van der Waals surface area (Å²) < 4.78 is 0. The van der Waals surface area contributed by atoms with Gasteiger partial charge in [-0.3, -0.25) is 0 Å². The van der Waals surface area contributed by atoms with E-state index in [2.05, 4.69) is 26.5 Å². The van der Waals surface area contributed by atoms with Crippen LogP contribution in [0.1, 0.15) is 26.7 Å². The Labute approximate surface area is 51.7 Å². The monoisotopic (exact) mass is 117 g/mol. The quantitative estimate of drug-likeness (QED) is 0.425. The van der Waals surface area contributed by atoms with Gasteiger partial charge in [0.2, 0.25) is 0 Å². The fourth-order valence-corrected chi connectivity index (χ4v) is 0.921. The minimum atomic E-state index is 0.965. The Bertz CT molecular complexity index is 25.7. The average Bonchev–Trinajstić information content (AvgIpc) is 1.72. The van der Waals surface area contributed by atoms with Crippen LogP contribution in [0.3, 0.4) is 0 Å². The third-order valence-electron chi connectivity index (χ3n) is 1.22. The normalized spacial score (nSPS) is 10.3. The van der Waals surface area contributed by atoms with Crippen molar-refractivity contribution in [3.63, 3.8) is 0 Å². The summed E-state index contributed by atoms with van der Waals surface area (Å²) in [7, 11) is 0. The Kier molecular flexibility index (Phi) is 4.73. The molecule has 0 fully saturated rings. The molecule has 0 aliphatic rings. The van der Waals surface area contributed by atoms with Crippen LogP contribution in [0.5, 0.6) is 0 Å². The van der Waals surface area contributed by atoms with Gasteiger partial charge in [-0.25, -0.2) is 12.6 Å². The molecule has 0 saturated carbocycles. The van der Waals surface area contributed by atoms with Crippen LogP contribution in [-0.4, -0.2) is 5.75 Å². The molecular weight excluding hydrogens is 104 g/mol. The fourth-order valence-electron chi connectivity index (χ4n) is 0.474. The first-order valence-corrected chi connectivity index (χ1v) is 3.42. The molecule has 0 aliphatic heterocycles. The van der Waals surface area contributed by atoms with Crippen molar-refractivity contribution in [1.82, 2.24) is 0 Å². The van der Waals surface area contributed by atoms with E-state index in [4.69, 9.17) is 0 Å². The van der Waals surface area contributed by atoms with E-state index in [1.165, 1.54) is 12.8 Å². The van der Waals surface area contributed by atoms with Gasteiger partial charge < -0.3 is 5.92 Å². The van der Waals surface area contributed by atoms with Gasteiger partial charge in [-0.2, -0.15) is 12.8 Å². The van der Waals surface area contributed by atoms with Gasteiger partial charge in [0.25, 0.3) is 0 Å². The lowest BCUT2D eigenvalue weighted by Gasteiger charge is -2.21. The summed E-state index contributed by atoms with van der Waals surface area (Å²) >= 11 is 4.14. The molecule has 0 aliphatic carbocycles. The van der Waals surface area contributed by atoms with Crippen molar-refractivity contribution in [1.29, 1.82) is 0 Å². The summed E-state index contributed by atoms with van der Waals surface area (Å²) in [6.45, 7) is 4.35. The van der Waals surface area contributed by atoms with Crippen molar-refractivity contribution in [2.75, 3.05) is 5.75 Å². The summed E-state index contributed by atoms with van der Waals surface area (Å²) in [4.78, 5) is 0. The largest absolute Gasteiger partial charge is 0.305 e. The molecule has 0 nitrogen and oxygen atoms in total. The van der Waals surface area contributed by atoms with Gasteiger partial charge in [0.15, 0.2) is 0 Å². The Morgan fingerprint density at radius 2 is 1.71 bits per heavy atom. The number of thiol groups is 1. The third-order valence-corrected chi connectivity index (χ3v) is 1.67. The predicted molar refractivity (Wildman–Crippen MR) is 37.7 cm³/mol. The van der Waals surface area contributed by atoms with Gasteiger partial charge in [0.1, 0.15) is 0 Å². The molecule has 0 radical (unpaired) electrons. The van der Waals surface area contributed by atoms with Gasteiger partial charge in [-0.15, -0.1) is 5.75 Å². The second-order valence-corrected chi connectivity index (χ2v) is 1.93. The first-order valence-electron chi connectivity index (χ1n) is 2.79. The Morgan fingerprint density at radius 1 is 1.29 bits per heavy atom. The number of hydrogen-bond acceptors (Lipinski definition) is 1. The molecule has 0 atom stereocenters. The summed E-state index contributed by atoms with van der Waals surface area (Å²) in [6.07, 6.45) is 2.39. The van der Waals surface area contributed by atoms with Gasteiger partial charge in [-0.05, 0) is 0 Å². The highest BCUT2D eigenvalue weighted by molar-refractivity contribution is 7.80. The van der Waals surface area contributed by atoms with Gasteiger partial charge in [0.05, 0.1) is 0 Å². The van der Waals surface area contributed by atoms with E-state index >= 15 is 0 Å². The molecule has 0 N–H and O–H groups in total. The molecule has 0 heterocycles. The molecule has 7 heavy (non-hydrogen) atoms. The maximum absolute atomic E-state index is 4.14. The summed E-state index contributed by atoms with van der Waals surface area (Å²) in [5, 5.41) is 0.